The quantitative estimate of drug-likeness (QED) is 0.446. The molecule has 1 aromatic heterocycles. The van der Waals surface area contributed by atoms with Gasteiger partial charge < -0.3 is 9.30 Å². The van der Waals surface area contributed by atoms with Crippen molar-refractivity contribution in [2.24, 2.45) is 0 Å². The van der Waals surface area contributed by atoms with Gasteiger partial charge in [0.15, 0.2) is 0 Å². The van der Waals surface area contributed by atoms with Gasteiger partial charge >= 0.3 is 0 Å². The Morgan fingerprint density at radius 1 is 1.08 bits per heavy atom. The van der Waals surface area contributed by atoms with Crippen LogP contribution in [-0.2, 0) is 4.74 Å². The monoisotopic (exact) mass is 449 g/mol. The summed E-state index contributed by atoms with van der Waals surface area (Å²) in [6.45, 7) is 5.57. The first kappa shape index (κ1) is 17.0. The molecule has 1 fully saturated rings. The predicted molar refractivity (Wildman–Crippen MR) is 108 cm³/mol. The van der Waals surface area contributed by atoms with Gasteiger partial charge in [-0.1, -0.05) is 11.6 Å². The van der Waals surface area contributed by atoms with E-state index in [4.69, 9.17) is 4.74 Å². The van der Waals surface area contributed by atoms with E-state index >= 15 is 0 Å². The molecule has 0 radical (unpaired) electrons. The van der Waals surface area contributed by atoms with Crippen LogP contribution in [0, 0.1) is 23.2 Å². The van der Waals surface area contributed by atoms with Crippen molar-refractivity contribution in [2.45, 2.75) is 32.6 Å². The Morgan fingerprint density at radius 2 is 1.84 bits per heavy atom. The van der Waals surface area contributed by atoms with Gasteiger partial charge in [0.2, 0.25) is 0 Å². The molecule has 130 valence electrons. The van der Waals surface area contributed by atoms with Gasteiger partial charge in [-0.25, -0.2) is 4.39 Å². The van der Waals surface area contributed by atoms with Crippen molar-refractivity contribution in [3.63, 3.8) is 0 Å². The van der Waals surface area contributed by atoms with Crippen LogP contribution in [0.2, 0.25) is 0 Å². The Bertz CT molecular complexity index is 941. The van der Waals surface area contributed by atoms with Gasteiger partial charge in [0, 0.05) is 39.5 Å². The zero-order valence-corrected chi connectivity index (χ0v) is 16.6. The van der Waals surface area contributed by atoms with E-state index in [0.717, 1.165) is 31.7 Å². The third-order valence-corrected chi connectivity index (χ3v) is 6.24. The summed E-state index contributed by atoms with van der Waals surface area (Å²) in [5, 5.41) is 1.28. The largest absolute Gasteiger partial charge is 0.381 e. The highest BCUT2D eigenvalue weighted by molar-refractivity contribution is 14.1. The third-order valence-electron chi connectivity index (χ3n) is 5.10. The van der Waals surface area contributed by atoms with Gasteiger partial charge in [-0.05, 0) is 85.2 Å². The number of hydrogen-bond acceptors (Lipinski definition) is 1. The number of aromatic nitrogens is 1. The zero-order chi connectivity index (χ0) is 17.6. The fraction of sp³-hybridized carbons (Fsp3) is 0.333. The Hall–Kier alpha value is -1.40. The minimum absolute atomic E-state index is 0.154. The van der Waals surface area contributed by atoms with Crippen molar-refractivity contribution in [1.82, 2.24) is 4.57 Å². The maximum atomic E-state index is 13.8. The highest BCUT2D eigenvalue weighted by Crippen LogP contribution is 2.39. The SMILES string of the molecule is Cc1ccc2c(c1)c(I)c(C1CCOCC1)n2-c1ccc(F)c(C)c1. The van der Waals surface area contributed by atoms with E-state index in [-0.39, 0.29) is 5.82 Å². The molecule has 0 saturated carbocycles. The number of hydrogen-bond donors (Lipinski definition) is 0. The molecule has 0 unspecified atom stereocenters. The molecular weight excluding hydrogens is 428 g/mol. The second-order valence-electron chi connectivity index (χ2n) is 6.88. The van der Waals surface area contributed by atoms with E-state index in [0.29, 0.717) is 11.5 Å². The molecule has 0 spiro atoms. The first-order valence-corrected chi connectivity index (χ1v) is 9.79. The standard InChI is InChI=1S/C21H21FINO/c1-13-3-6-19-17(11-13)20(23)21(15-7-9-25-10-8-15)24(19)16-4-5-18(22)14(2)12-16/h3-6,11-12,15H,7-10H2,1-2H3. The lowest BCUT2D eigenvalue weighted by Gasteiger charge is -2.25. The van der Waals surface area contributed by atoms with Crippen molar-refractivity contribution in [2.75, 3.05) is 13.2 Å². The molecule has 0 aliphatic carbocycles. The fourth-order valence-corrected chi connectivity index (χ4v) is 4.88. The molecule has 0 amide bonds. The summed E-state index contributed by atoms with van der Waals surface area (Å²) in [6.07, 6.45) is 2.07. The average Bonchev–Trinajstić information content (AvgIpc) is 2.90. The maximum Gasteiger partial charge on any atom is 0.126 e. The van der Waals surface area contributed by atoms with Crippen molar-refractivity contribution < 1.29 is 9.13 Å². The molecular formula is C21H21FINO. The van der Waals surface area contributed by atoms with Crippen LogP contribution in [0.5, 0.6) is 0 Å². The van der Waals surface area contributed by atoms with E-state index in [9.17, 15) is 4.39 Å². The van der Waals surface area contributed by atoms with E-state index in [1.165, 1.54) is 25.7 Å². The molecule has 3 aromatic rings. The number of aryl methyl sites for hydroxylation is 2. The topological polar surface area (TPSA) is 14.2 Å². The van der Waals surface area contributed by atoms with Crippen LogP contribution >= 0.6 is 22.6 Å². The van der Waals surface area contributed by atoms with E-state index in [1.807, 2.05) is 19.1 Å². The number of halogens is 2. The smallest absolute Gasteiger partial charge is 0.126 e. The normalized spacial score (nSPS) is 15.8. The molecule has 4 heteroatoms. The number of ether oxygens (including phenoxy) is 1. The highest BCUT2D eigenvalue weighted by atomic mass is 127. The van der Waals surface area contributed by atoms with Gasteiger partial charge in [0.05, 0.1) is 5.52 Å². The predicted octanol–water partition coefficient (Wildman–Crippen LogP) is 5.89. The zero-order valence-electron chi connectivity index (χ0n) is 14.5. The fourth-order valence-electron chi connectivity index (χ4n) is 3.77. The minimum atomic E-state index is -0.154. The van der Waals surface area contributed by atoms with Crippen LogP contribution in [0.4, 0.5) is 4.39 Å². The number of fused-ring (bicyclic) bond motifs is 1. The van der Waals surface area contributed by atoms with Gasteiger partial charge in [-0.3, -0.25) is 0 Å². The first-order chi connectivity index (χ1) is 12.1. The molecule has 2 nitrogen and oxygen atoms in total. The number of rotatable bonds is 2. The summed E-state index contributed by atoms with van der Waals surface area (Å²) >= 11 is 2.48. The van der Waals surface area contributed by atoms with Crippen molar-refractivity contribution >= 4 is 33.5 Å². The van der Waals surface area contributed by atoms with E-state index in [1.54, 1.807) is 6.07 Å². The Kier molecular flexibility index (Phi) is 4.58. The summed E-state index contributed by atoms with van der Waals surface area (Å²) < 4.78 is 23.0. The molecule has 2 heterocycles. The third kappa shape index (κ3) is 2.99. The minimum Gasteiger partial charge on any atom is -0.381 e. The first-order valence-electron chi connectivity index (χ1n) is 8.71. The summed E-state index contributed by atoms with van der Waals surface area (Å²) in [5.74, 6) is 0.317. The number of benzene rings is 2. The van der Waals surface area contributed by atoms with Crippen molar-refractivity contribution in [3.05, 3.63) is 62.6 Å². The molecule has 2 aromatic carbocycles. The molecule has 1 saturated heterocycles. The highest BCUT2D eigenvalue weighted by Gasteiger charge is 2.26. The van der Waals surface area contributed by atoms with Gasteiger partial charge in [0.1, 0.15) is 5.82 Å². The number of nitrogens with zero attached hydrogens (tertiary/aromatic N) is 1. The van der Waals surface area contributed by atoms with Gasteiger partial charge in [-0.15, -0.1) is 0 Å². The Balaban J connectivity index is 2.01. The molecule has 0 bridgehead atoms. The second kappa shape index (κ2) is 6.72. The molecule has 25 heavy (non-hydrogen) atoms. The van der Waals surface area contributed by atoms with Crippen LogP contribution in [0.15, 0.2) is 36.4 Å². The maximum absolute atomic E-state index is 13.8. The Morgan fingerprint density at radius 3 is 2.56 bits per heavy atom. The Labute approximate surface area is 161 Å². The molecule has 4 rings (SSSR count). The van der Waals surface area contributed by atoms with Gasteiger partial charge in [-0.2, -0.15) is 0 Å². The molecule has 0 N–H and O–H groups in total. The summed E-state index contributed by atoms with van der Waals surface area (Å²) in [5.41, 5.74) is 5.52. The average molecular weight is 449 g/mol. The molecule has 0 atom stereocenters. The summed E-state index contributed by atoms with van der Waals surface area (Å²) in [6, 6.07) is 12.0. The van der Waals surface area contributed by atoms with Crippen LogP contribution in [0.3, 0.4) is 0 Å². The van der Waals surface area contributed by atoms with Crippen molar-refractivity contribution in [1.29, 1.82) is 0 Å². The molecule has 1 aliphatic heterocycles. The van der Waals surface area contributed by atoms with Gasteiger partial charge in [0.25, 0.3) is 0 Å². The lowest BCUT2D eigenvalue weighted by Crippen LogP contribution is -2.17. The van der Waals surface area contributed by atoms with Crippen LogP contribution in [0.25, 0.3) is 16.6 Å². The van der Waals surface area contributed by atoms with Crippen LogP contribution in [0.1, 0.15) is 35.6 Å². The van der Waals surface area contributed by atoms with Crippen LogP contribution in [-0.4, -0.2) is 17.8 Å². The lowest BCUT2D eigenvalue weighted by molar-refractivity contribution is 0.0841. The second-order valence-corrected chi connectivity index (χ2v) is 7.95. The van der Waals surface area contributed by atoms with E-state index in [2.05, 4.69) is 52.3 Å². The summed E-state index contributed by atoms with van der Waals surface area (Å²) in [4.78, 5) is 0. The lowest BCUT2D eigenvalue weighted by atomic mass is 9.96. The van der Waals surface area contributed by atoms with Crippen molar-refractivity contribution in [3.8, 4) is 5.69 Å². The molecule has 1 aliphatic rings. The summed E-state index contributed by atoms with van der Waals surface area (Å²) in [7, 11) is 0. The van der Waals surface area contributed by atoms with Crippen LogP contribution < -0.4 is 0 Å². The van der Waals surface area contributed by atoms with E-state index < -0.39 is 0 Å².